The fraction of sp³-hybridized carbons (Fsp3) is 0.407. The molecule has 3 aliphatic rings. The van der Waals surface area contributed by atoms with Gasteiger partial charge in [-0.1, -0.05) is 25.0 Å². The van der Waals surface area contributed by atoms with Crippen LogP contribution in [0.25, 0.3) is 5.76 Å². The molecule has 35 heavy (non-hydrogen) atoms. The van der Waals surface area contributed by atoms with E-state index in [2.05, 4.69) is 0 Å². The zero-order valence-electron chi connectivity index (χ0n) is 20.2. The number of likely N-dealkylation sites (tertiary alicyclic amines) is 1. The van der Waals surface area contributed by atoms with Crippen molar-refractivity contribution in [2.24, 2.45) is 0 Å². The first-order valence-corrected chi connectivity index (χ1v) is 12.0. The minimum atomic E-state index is -0.784. The lowest BCUT2D eigenvalue weighted by Crippen LogP contribution is -2.37. The predicted molar refractivity (Wildman–Crippen MR) is 131 cm³/mol. The quantitative estimate of drug-likeness (QED) is 0.396. The van der Waals surface area contributed by atoms with Gasteiger partial charge in [0.25, 0.3) is 11.7 Å². The van der Waals surface area contributed by atoms with Gasteiger partial charge in [-0.2, -0.15) is 0 Å². The number of para-hydroxylation sites is 1. The average Bonchev–Trinajstić information content (AvgIpc) is 3.49. The van der Waals surface area contributed by atoms with E-state index in [0.717, 1.165) is 31.4 Å². The van der Waals surface area contributed by atoms with E-state index < -0.39 is 17.7 Å². The van der Waals surface area contributed by atoms with Gasteiger partial charge >= 0.3 is 0 Å². The van der Waals surface area contributed by atoms with Crippen molar-refractivity contribution < 1.29 is 28.9 Å². The van der Waals surface area contributed by atoms with Crippen molar-refractivity contribution in [3.8, 4) is 17.2 Å². The monoisotopic (exact) mass is 478 g/mol. The lowest BCUT2D eigenvalue weighted by atomic mass is 9.93. The molecule has 184 valence electrons. The number of amides is 1. The van der Waals surface area contributed by atoms with E-state index in [0.29, 0.717) is 41.5 Å². The van der Waals surface area contributed by atoms with Crippen molar-refractivity contribution in [2.75, 3.05) is 39.3 Å². The van der Waals surface area contributed by atoms with Gasteiger partial charge < -0.3 is 29.1 Å². The van der Waals surface area contributed by atoms with Crippen LogP contribution in [0.2, 0.25) is 0 Å². The maximum Gasteiger partial charge on any atom is 0.295 e. The van der Waals surface area contributed by atoms with Crippen LogP contribution in [0.4, 0.5) is 5.69 Å². The molecule has 5 rings (SSSR count). The summed E-state index contributed by atoms with van der Waals surface area (Å²) in [7, 11) is 5.02. The first kappa shape index (κ1) is 23.1. The van der Waals surface area contributed by atoms with Crippen LogP contribution >= 0.6 is 0 Å². The Kier molecular flexibility index (Phi) is 6.05. The van der Waals surface area contributed by atoms with Crippen LogP contribution in [0, 0.1) is 0 Å². The summed E-state index contributed by atoms with van der Waals surface area (Å²) in [6.45, 7) is 1.29. The number of nitrogens with zero attached hydrogens (tertiary/aromatic N) is 2. The summed E-state index contributed by atoms with van der Waals surface area (Å²) in [5.74, 6) is 0.162. The second-order valence-corrected chi connectivity index (χ2v) is 9.18. The SMILES string of the molecule is COc1cccc(C2/C(=C(\O)c3ccc4c(c3)N(C)CCO4)C(=O)C(=O)N2C2CCCC2)c1OC. The summed E-state index contributed by atoms with van der Waals surface area (Å²) >= 11 is 0. The Morgan fingerprint density at radius 2 is 1.86 bits per heavy atom. The van der Waals surface area contributed by atoms with Crippen molar-refractivity contribution in [1.29, 1.82) is 0 Å². The third-order valence-electron chi connectivity index (χ3n) is 7.25. The van der Waals surface area contributed by atoms with Gasteiger partial charge in [0, 0.05) is 24.2 Å². The fourth-order valence-electron chi connectivity index (χ4n) is 5.50. The smallest absolute Gasteiger partial charge is 0.295 e. The standard InChI is InChI=1S/C27H30N2O6/c1-28-13-14-35-20-12-11-16(15-19(20)28)24(30)22-23(18-9-6-10-21(33-2)26(18)34-3)29(27(32)25(22)31)17-7-4-5-8-17/h6,9-12,15,17,23,30H,4-5,7-8,13-14H2,1-3H3/b24-22+. The summed E-state index contributed by atoms with van der Waals surface area (Å²) < 4.78 is 16.9. The number of likely N-dealkylation sites (N-methyl/N-ethyl adjacent to an activating group) is 1. The maximum atomic E-state index is 13.5. The highest BCUT2D eigenvalue weighted by molar-refractivity contribution is 6.46. The number of anilines is 1. The van der Waals surface area contributed by atoms with E-state index in [4.69, 9.17) is 14.2 Å². The minimum Gasteiger partial charge on any atom is -0.507 e. The number of ketones is 1. The number of carbonyl (C=O) groups is 2. The molecule has 2 aromatic rings. The van der Waals surface area contributed by atoms with Crippen molar-refractivity contribution in [2.45, 2.75) is 37.8 Å². The molecule has 2 heterocycles. The largest absolute Gasteiger partial charge is 0.507 e. The Balaban J connectivity index is 1.71. The Labute approximate surface area is 204 Å². The van der Waals surface area contributed by atoms with Gasteiger partial charge in [-0.3, -0.25) is 9.59 Å². The van der Waals surface area contributed by atoms with Gasteiger partial charge in [-0.25, -0.2) is 0 Å². The zero-order valence-corrected chi connectivity index (χ0v) is 20.2. The van der Waals surface area contributed by atoms with Crippen molar-refractivity contribution >= 4 is 23.1 Å². The molecule has 8 heteroatoms. The summed E-state index contributed by atoms with van der Waals surface area (Å²) in [6, 6.07) is 9.83. The number of rotatable bonds is 5. The Hall–Kier alpha value is -3.68. The fourth-order valence-corrected chi connectivity index (χ4v) is 5.50. The van der Waals surface area contributed by atoms with E-state index >= 15 is 0 Å². The molecule has 0 radical (unpaired) electrons. The van der Waals surface area contributed by atoms with Crippen LogP contribution in [0.1, 0.15) is 42.9 Å². The molecule has 1 saturated heterocycles. The van der Waals surface area contributed by atoms with Crippen molar-refractivity contribution in [3.63, 3.8) is 0 Å². The number of ether oxygens (including phenoxy) is 3. The third-order valence-corrected chi connectivity index (χ3v) is 7.25. The Morgan fingerprint density at radius 3 is 2.57 bits per heavy atom. The highest BCUT2D eigenvalue weighted by Crippen LogP contribution is 2.48. The number of carbonyl (C=O) groups excluding carboxylic acids is 2. The number of aliphatic hydroxyl groups excluding tert-OH is 1. The van der Waals surface area contributed by atoms with Crippen LogP contribution in [-0.4, -0.2) is 62.2 Å². The average molecular weight is 479 g/mol. The molecule has 1 N–H and O–H groups in total. The van der Waals surface area contributed by atoms with E-state index in [1.807, 2.05) is 18.0 Å². The molecular weight excluding hydrogens is 448 g/mol. The molecule has 1 atom stereocenters. The van der Waals surface area contributed by atoms with E-state index in [1.165, 1.54) is 7.11 Å². The molecule has 1 saturated carbocycles. The van der Waals surface area contributed by atoms with Crippen LogP contribution in [0.5, 0.6) is 17.2 Å². The van der Waals surface area contributed by atoms with Crippen molar-refractivity contribution in [1.82, 2.24) is 4.90 Å². The molecular formula is C27H30N2O6. The number of Topliss-reactive ketones (excluding diaryl/α,β-unsaturated/α-hetero) is 1. The molecule has 2 aliphatic heterocycles. The predicted octanol–water partition coefficient (Wildman–Crippen LogP) is 3.90. The second kappa shape index (κ2) is 9.17. The lowest BCUT2D eigenvalue weighted by Gasteiger charge is -2.32. The molecule has 1 aliphatic carbocycles. The van der Waals surface area contributed by atoms with E-state index in [1.54, 1.807) is 42.3 Å². The first-order valence-electron chi connectivity index (χ1n) is 12.0. The summed E-state index contributed by atoms with van der Waals surface area (Å²) in [6.07, 6.45) is 3.62. The number of methoxy groups -OCH3 is 2. The number of hydrogen-bond donors (Lipinski definition) is 1. The molecule has 0 spiro atoms. The second-order valence-electron chi connectivity index (χ2n) is 9.18. The number of benzene rings is 2. The molecule has 0 aromatic heterocycles. The Morgan fingerprint density at radius 1 is 1.09 bits per heavy atom. The highest BCUT2D eigenvalue weighted by atomic mass is 16.5. The molecule has 8 nitrogen and oxygen atoms in total. The highest BCUT2D eigenvalue weighted by Gasteiger charge is 2.50. The number of fused-ring (bicyclic) bond motifs is 1. The minimum absolute atomic E-state index is 0.0628. The van der Waals surface area contributed by atoms with Gasteiger partial charge in [0.2, 0.25) is 0 Å². The topological polar surface area (TPSA) is 88.5 Å². The van der Waals surface area contributed by atoms with Crippen LogP contribution in [0.15, 0.2) is 42.0 Å². The van der Waals surface area contributed by atoms with Gasteiger partial charge in [0.15, 0.2) is 11.5 Å². The molecule has 1 amide bonds. The third kappa shape index (κ3) is 3.77. The van der Waals surface area contributed by atoms with Gasteiger partial charge in [-0.05, 0) is 37.1 Å². The summed E-state index contributed by atoms with van der Waals surface area (Å²) in [5, 5.41) is 11.5. The number of aliphatic hydroxyl groups is 1. The molecule has 1 unspecified atom stereocenters. The van der Waals surface area contributed by atoms with E-state index in [9.17, 15) is 14.7 Å². The van der Waals surface area contributed by atoms with Crippen LogP contribution in [0.3, 0.4) is 0 Å². The summed E-state index contributed by atoms with van der Waals surface area (Å²) in [5.41, 5.74) is 1.95. The van der Waals surface area contributed by atoms with Crippen LogP contribution in [-0.2, 0) is 9.59 Å². The van der Waals surface area contributed by atoms with Crippen LogP contribution < -0.4 is 19.1 Å². The zero-order chi connectivity index (χ0) is 24.7. The number of hydrogen-bond acceptors (Lipinski definition) is 7. The summed E-state index contributed by atoms with van der Waals surface area (Å²) in [4.78, 5) is 30.5. The first-order chi connectivity index (χ1) is 17.0. The molecule has 2 fully saturated rings. The van der Waals surface area contributed by atoms with Gasteiger partial charge in [-0.15, -0.1) is 0 Å². The maximum absolute atomic E-state index is 13.5. The Bertz CT molecular complexity index is 1200. The van der Waals surface area contributed by atoms with Gasteiger partial charge in [0.05, 0.1) is 38.1 Å². The molecule has 0 bridgehead atoms. The lowest BCUT2D eigenvalue weighted by molar-refractivity contribution is -0.141. The van der Waals surface area contributed by atoms with Crippen molar-refractivity contribution in [3.05, 3.63) is 53.1 Å². The van der Waals surface area contributed by atoms with E-state index in [-0.39, 0.29) is 17.4 Å². The molecule has 2 aromatic carbocycles. The van der Waals surface area contributed by atoms with Gasteiger partial charge in [0.1, 0.15) is 18.1 Å². The normalized spacial score (nSPS) is 21.7.